The minimum Gasteiger partial charge on any atom is -0.376 e. The molecule has 4 rings (SSSR count). The summed E-state index contributed by atoms with van der Waals surface area (Å²) in [7, 11) is 1.79. The third kappa shape index (κ3) is 9.87. The van der Waals surface area contributed by atoms with Crippen LogP contribution in [0.1, 0.15) is 30.5 Å². The Kier molecular flexibility index (Phi) is 15.1. The van der Waals surface area contributed by atoms with Crippen molar-refractivity contribution in [1.29, 1.82) is 0 Å². The molecule has 0 saturated heterocycles. The predicted octanol–water partition coefficient (Wildman–Crippen LogP) is 4.95. The fourth-order valence-electron chi connectivity index (χ4n) is 4.52. The second-order valence-corrected chi connectivity index (χ2v) is 10.0. The number of hydrazine groups is 1. The molecule has 0 atom stereocenters. The Balaban J connectivity index is 0.00000280. The molecule has 0 aliphatic carbocycles. The van der Waals surface area contributed by atoms with E-state index in [1.54, 1.807) is 23.2 Å². The SMILES string of the molecule is Cc1ccc(-c2ccccn2)cc1NCC(=O)N(CCNC(C)C)CC(=O)N(C)N1Cc2ccccc2C1.Cl.Cl.Cl. The number of nitrogens with one attached hydrogen (secondary N) is 2. The molecule has 2 aromatic carbocycles. The Morgan fingerprint density at radius 2 is 1.61 bits per heavy atom. The molecule has 41 heavy (non-hydrogen) atoms. The maximum atomic E-state index is 13.4. The van der Waals surface area contributed by atoms with Crippen molar-refractivity contribution in [3.05, 3.63) is 83.6 Å². The zero-order chi connectivity index (χ0) is 27.1. The number of halogens is 3. The van der Waals surface area contributed by atoms with Gasteiger partial charge in [-0.3, -0.25) is 19.6 Å². The van der Waals surface area contributed by atoms with Crippen LogP contribution in [0.15, 0.2) is 66.9 Å². The molecule has 3 aromatic rings. The summed E-state index contributed by atoms with van der Waals surface area (Å²) in [5.41, 5.74) is 6.23. The number of rotatable bonds is 11. The fraction of sp³-hybridized carbons (Fsp3) is 0.367. The first-order valence-corrected chi connectivity index (χ1v) is 13.2. The first-order valence-electron chi connectivity index (χ1n) is 13.2. The van der Waals surface area contributed by atoms with Crippen LogP contribution in [0.5, 0.6) is 0 Å². The van der Waals surface area contributed by atoms with E-state index in [0.717, 1.165) is 22.5 Å². The topological polar surface area (TPSA) is 80.8 Å². The Morgan fingerprint density at radius 3 is 2.22 bits per heavy atom. The molecule has 0 saturated carbocycles. The molecule has 8 nitrogen and oxygen atoms in total. The molecule has 1 aromatic heterocycles. The van der Waals surface area contributed by atoms with Gasteiger partial charge in [0.1, 0.15) is 6.54 Å². The van der Waals surface area contributed by atoms with Crippen LogP contribution in [0.25, 0.3) is 11.3 Å². The lowest BCUT2D eigenvalue weighted by Crippen LogP contribution is -2.49. The van der Waals surface area contributed by atoms with E-state index in [4.69, 9.17) is 0 Å². The number of carbonyl (C=O) groups is 2. The van der Waals surface area contributed by atoms with E-state index in [1.807, 2.05) is 60.5 Å². The molecule has 0 spiro atoms. The number of hydrogen-bond donors (Lipinski definition) is 2. The minimum absolute atomic E-state index is 0. The van der Waals surface area contributed by atoms with E-state index in [1.165, 1.54) is 11.1 Å². The van der Waals surface area contributed by atoms with Crippen LogP contribution in [0.4, 0.5) is 5.69 Å². The molecule has 1 aliphatic heterocycles. The van der Waals surface area contributed by atoms with Crippen LogP contribution in [0.3, 0.4) is 0 Å². The van der Waals surface area contributed by atoms with Crippen molar-refractivity contribution in [3.8, 4) is 11.3 Å². The number of nitrogens with zero attached hydrogens (tertiary/aromatic N) is 4. The number of aryl methyl sites for hydroxylation is 1. The number of benzene rings is 2. The number of pyridine rings is 1. The largest absolute Gasteiger partial charge is 0.376 e. The highest BCUT2D eigenvalue weighted by Crippen LogP contribution is 2.25. The molecule has 1 aliphatic rings. The van der Waals surface area contributed by atoms with E-state index in [0.29, 0.717) is 32.2 Å². The summed E-state index contributed by atoms with van der Waals surface area (Å²) in [5, 5.41) is 10.3. The van der Waals surface area contributed by atoms with Gasteiger partial charge >= 0.3 is 0 Å². The smallest absolute Gasteiger partial charge is 0.256 e. The Labute approximate surface area is 262 Å². The molecule has 11 heteroatoms. The van der Waals surface area contributed by atoms with Crippen molar-refractivity contribution in [2.45, 2.75) is 39.9 Å². The van der Waals surface area contributed by atoms with Crippen LogP contribution >= 0.6 is 37.2 Å². The molecule has 0 unspecified atom stereocenters. The van der Waals surface area contributed by atoms with E-state index in [2.05, 4.69) is 41.6 Å². The Hall–Kier alpha value is -2.88. The number of carbonyl (C=O) groups excluding carboxylic acids is 2. The monoisotopic (exact) mass is 622 g/mol. The lowest BCUT2D eigenvalue weighted by atomic mass is 10.1. The standard InChI is InChI=1S/C30H38N6O2.3ClH/c1-22(2)31-15-16-35(21-30(38)34(4)36-19-25-9-5-6-10-26(25)20-36)29(37)18-33-28-17-24(13-12-23(28)3)27-11-7-8-14-32-27;;;/h5-14,17,22,31,33H,15-16,18-21H2,1-4H3;3*1H. The lowest BCUT2D eigenvalue weighted by molar-refractivity contribution is -0.151. The summed E-state index contributed by atoms with van der Waals surface area (Å²) in [6.07, 6.45) is 1.77. The number of anilines is 1. The van der Waals surface area contributed by atoms with E-state index in [9.17, 15) is 9.59 Å². The number of hydrogen-bond acceptors (Lipinski definition) is 6. The summed E-state index contributed by atoms with van der Waals surface area (Å²) < 4.78 is 0. The van der Waals surface area contributed by atoms with Crippen LogP contribution in [-0.2, 0) is 22.7 Å². The Bertz CT molecular complexity index is 1240. The highest BCUT2D eigenvalue weighted by Gasteiger charge is 2.27. The van der Waals surface area contributed by atoms with Crippen LogP contribution < -0.4 is 10.6 Å². The van der Waals surface area contributed by atoms with Crippen molar-refractivity contribution in [2.75, 3.05) is 38.5 Å². The molecule has 2 amide bonds. The molecule has 0 fully saturated rings. The summed E-state index contributed by atoms with van der Waals surface area (Å²) in [6, 6.07) is 20.4. The Morgan fingerprint density at radius 1 is 0.951 bits per heavy atom. The number of aromatic nitrogens is 1. The molecule has 2 heterocycles. The second kappa shape index (κ2) is 17.2. The van der Waals surface area contributed by atoms with Gasteiger partial charge in [0.15, 0.2) is 0 Å². The fourth-order valence-corrected chi connectivity index (χ4v) is 4.52. The zero-order valence-electron chi connectivity index (χ0n) is 24.0. The van der Waals surface area contributed by atoms with Crippen molar-refractivity contribution in [3.63, 3.8) is 0 Å². The van der Waals surface area contributed by atoms with Gasteiger partial charge in [-0.2, -0.15) is 0 Å². The van der Waals surface area contributed by atoms with Gasteiger partial charge in [-0.05, 0) is 41.8 Å². The van der Waals surface area contributed by atoms with Gasteiger partial charge in [0.05, 0.1) is 12.2 Å². The molecule has 0 radical (unpaired) electrons. The second-order valence-electron chi connectivity index (χ2n) is 10.0. The maximum Gasteiger partial charge on any atom is 0.256 e. The van der Waals surface area contributed by atoms with Gasteiger partial charge in [0.2, 0.25) is 5.91 Å². The van der Waals surface area contributed by atoms with Gasteiger partial charge in [-0.1, -0.05) is 56.3 Å². The lowest BCUT2D eigenvalue weighted by Gasteiger charge is -2.31. The number of amides is 2. The predicted molar refractivity (Wildman–Crippen MR) is 173 cm³/mol. The first-order chi connectivity index (χ1) is 18.3. The quantitative estimate of drug-likeness (QED) is 0.315. The third-order valence-electron chi connectivity index (χ3n) is 6.85. The third-order valence-corrected chi connectivity index (χ3v) is 6.85. The molecule has 0 bridgehead atoms. The van der Waals surface area contributed by atoms with E-state index < -0.39 is 0 Å². The van der Waals surface area contributed by atoms with E-state index in [-0.39, 0.29) is 62.1 Å². The van der Waals surface area contributed by atoms with Crippen molar-refractivity contribution < 1.29 is 9.59 Å². The summed E-state index contributed by atoms with van der Waals surface area (Å²) >= 11 is 0. The average Bonchev–Trinajstić information content (AvgIpc) is 3.36. The molecule has 224 valence electrons. The van der Waals surface area contributed by atoms with Gasteiger partial charge in [0.25, 0.3) is 5.91 Å². The normalized spacial score (nSPS) is 11.9. The van der Waals surface area contributed by atoms with E-state index >= 15 is 0 Å². The van der Waals surface area contributed by atoms with Gasteiger partial charge in [-0.15, -0.1) is 37.2 Å². The molecule has 2 N–H and O–H groups in total. The summed E-state index contributed by atoms with van der Waals surface area (Å²) in [5.74, 6) is -0.228. The maximum absolute atomic E-state index is 13.4. The zero-order valence-corrected chi connectivity index (χ0v) is 26.5. The first kappa shape index (κ1) is 36.1. The van der Waals surface area contributed by atoms with Crippen molar-refractivity contribution in [2.24, 2.45) is 0 Å². The highest BCUT2D eigenvalue weighted by molar-refractivity contribution is 5.87. The van der Waals surface area contributed by atoms with Gasteiger partial charge in [0, 0.05) is 56.7 Å². The van der Waals surface area contributed by atoms with Crippen molar-refractivity contribution >= 4 is 54.7 Å². The number of fused-ring (bicyclic) bond motifs is 1. The molecular formula is C30H41Cl3N6O2. The summed E-state index contributed by atoms with van der Waals surface area (Å²) in [6.45, 7) is 8.70. The van der Waals surface area contributed by atoms with Crippen LogP contribution in [0.2, 0.25) is 0 Å². The highest BCUT2D eigenvalue weighted by atomic mass is 35.5. The van der Waals surface area contributed by atoms with Crippen LogP contribution in [-0.4, -0.2) is 71.0 Å². The van der Waals surface area contributed by atoms with Crippen LogP contribution in [0, 0.1) is 6.92 Å². The molecular weight excluding hydrogens is 583 g/mol. The van der Waals surface area contributed by atoms with Gasteiger partial charge in [-0.25, -0.2) is 5.01 Å². The minimum atomic E-state index is -0.121. The number of likely N-dealkylation sites (N-methyl/N-ethyl adjacent to an activating group) is 1. The van der Waals surface area contributed by atoms with Gasteiger partial charge < -0.3 is 15.5 Å². The van der Waals surface area contributed by atoms with Crippen molar-refractivity contribution in [1.82, 2.24) is 25.2 Å². The summed E-state index contributed by atoms with van der Waals surface area (Å²) in [4.78, 5) is 32.7. The average molecular weight is 624 g/mol.